The van der Waals surface area contributed by atoms with Crippen molar-refractivity contribution in [3.05, 3.63) is 41.7 Å². The molecule has 0 saturated heterocycles. The van der Waals surface area contributed by atoms with Gasteiger partial charge in [-0.2, -0.15) is 0 Å². The Morgan fingerprint density at radius 2 is 1.75 bits per heavy atom. The summed E-state index contributed by atoms with van der Waals surface area (Å²) in [4.78, 5) is 4.25. The van der Waals surface area contributed by atoms with Gasteiger partial charge in [0.05, 0.1) is 11.4 Å². The van der Waals surface area contributed by atoms with Crippen LogP contribution in [0.2, 0.25) is 0 Å². The fourth-order valence-corrected chi connectivity index (χ4v) is 1.70. The van der Waals surface area contributed by atoms with Crippen LogP contribution in [0.5, 0.6) is 0 Å². The van der Waals surface area contributed by atoms with E-state index in [9.17, 15) is 0 Å². The van der Waals surface area contributed by atoms with Crippen LogP contribution in [0, 0.1) is 13.8 Å². The van der Waals surface area contributed by atoms with Gasteiger partial charge in [-0.15, -0.1) is 0 Å². The van der Waals surface area contributed by atoms with Crippen LogP contribution >= 0.6 is 0 Å². The van der Waals surface area contributed by atoms with E-state index in [0.717, 1.165) is 16.8 Å². The third-order valence-corrected chi connectivity index (χ3v) is 2.85. The fraction of sp³-hybridized carbons (Fsp3) is 0.154. The Labute approximate surface area is 95.1 Å². The van der Waals surface area contributed by atoms with Crippen molar-refractivity contribution in [2.45, 2.75) is 13.8 Å². The first-order chi connectivity index (χ1) is 7.59. The lowest BCUT2D eigenvalue weighted by molar-refractivity contribution is 1.15. The number of nitrogens with two attached hydrogens (primary N) is 2. The molecule has 0 aliphatic carbocycles. The Balaban J connectivity index is 2.59. The molecule has 16 heavy (non-hydrogen) atoms. The van der Waals surface area contributed by atoms with Gasteiger partial charge in [-0.05, 0) is 48.7 Å². The molecule has 3 nitrogen and oxygen atoms in total. The van der Waals surface area contributed by atoms with Crippen LogP contribution in [0.4, 0.5) is 11.4 Å². The SMILES string of the molecule is Cc1nccc(-c2ccc(N)c(N)c2)c1C. The van der Waals surface area contributed by atoms with Gasteiger partial charge in [0.25, 0.3) is 0 Å². The van der Waals surface area contributed by atoms with E-state index in [-0.39, 0.29) is 0 Å². The molecule has 0 bridgehead atoms. The van der Waals surface area contributed by atoms with Gasteiger partial charge in [0, 0.05) is 11.9 Å². The monoisotopic (exact) mass is 213 g/mol. The normalized spacial score (nSPS) is 10.4. The minimum absolute atomic E-state index is 0.617. The number of hydrogen-bond acceptors (Lipinski definition) is 3. The zero-order chi connectivity index (χ0) is 11.7. The summed E-state index contributed by atoms with van der Waals surface area (Å²) < 4.78 is 0. The summed E-state index contributed by atoms with van der Waals surface area (Å²) >= 11 is 0. The maximum absolute atomic E-state index is 5.81. The maximum atomic E-state index is 5.81. The highest BCUT2D eigenvalue weighted by Crippen LogP contribution is 2.28. The summed E-state index contributed by atoms with van der Waals surface area (Å²) in [5, 5.41) is 0. The lowest BCUT2D eigenvalue weighted by Crippen LogP contribution is -1.96. The summed E-state index contributed by atoms with van der Waals surface area (Å²) in [7, 11) is 0. The Morgan fingerprint density at radius 1 is 1.00 bits per heavy atom. The number of anilines is 2. The van der Waals surface area contributed by atoms with E-state index in [1.165, 1.54) is 5.56 Å². The first-order valence-corrected chi connectivity index (χ1v) is 5.17. The van der Waals surface area contributed by atoms with Crippen molar-refractivity contribution in [3.63, 3.8) is 0 Å². The zero-order valence-electron chi connectivity index (χ0n) is 9.49. The summed E-state index contributed by atoms with van der Waals surface area (Å²) in [6, 6.07) is 7.71. The van der Waals surface area contributed by atoms with Gasteiger partial charge in [-0.25, -0.2) is 0 Å². The standard InChI is InChI=1S/C13H15N3/c1-8-9(2)16-6-5-11(8)10-3-4-12(14)13(15)7-10/h3-7H,14-15H2,1-2H3. The van der Waals surface area contributed by atoms with Crippen molar-refractivity contribution in [1.29, 1.82) is 0 Å². The highest BCUT2D eigenvalue weighted by molar-refractivity contribution is 5.76. The van der Waals surface area contributed by atoms with Crippen molar-refractivity contribution >= 4 is 11.4 Å². The van der Waals surface area contributed by atoms with Crippen LogP contribution in [-0.4, -0.2) is 4.98 Å². The highest BCUT2D eigenvalue weighted by Gasteiger charge is 2.05. The summed E-state index contributed by atoms with van der Waals surface area (Å²) in [6.07, 6.45) is 1.81. The van der Waals surface area contributed by atoms with Gasteiger partial charge in [0.1, 0.15) is 0 Å². The lowest BCUT2D eigenvalue weighted by Gasteiger charge is -2.09. The molecule has 82 valence electrons. The lowest BCUT2D eigenvalue weighted by atomic mass is 10.00. The molecule has 2 aromatic rings. The van der Waals surface area contributed by atoms with Gasteiger partial charge in [0.15, 0.2) is 0 Å². The molecule has 0 spiro atoms. The smallest absolute Gasteiger partial charge is 0.0554 e. The van der Waals surface area contributed by atoms with E-state index in [1.807, 2.05) is 37.4 Å². The van der Waals surface area contributed by atoms with Crippen LogP contribution in [0.15, 0.2) is 30.5 Å². The third kappa shape index (κ3) is 1.72. The van der Waals surface area contributed by atoms with E-state index in [0.29, 0.717) is 11.4 Å². The van der Waals surface area contributed by atoms with Crippen LogP contribution in [0.25, 0.3) is 11.1 Å². The Hall–Kier alpha value is -2.03. The number of pyridine rings is 1. The van der Waals surface area contributed by atoms with Crippen molar-refractivity contribution in [3.8, 4) is 11.1 Å². The number of aryl methyl sites for hydroxylation is 1. The second-order valence-corrected chi connectivity index (χ2v) is 3.91. The molecule has 0 fully saturated rings. The summed E-state index contributed by atoms with van der Waals surface area (Å²) in [5.41, 5.74) is 17.2. The van der Waals surface area contributed by atoms with E-state index in [2.05, 4.69) is 11.9 Å². The van der Waals surface area contributed by atoms with Crippen LogP contribution in [-0.2, 0) is 0 Å². The number of rotatable bonds is 1. The predicted molar refractivity (Wildman–Crippen MR) is 68.0 cm³/mol. The van der Waals surface area contributed by atoms with Crippen LogP contribution in [0.1, 0.15) is 11.3 Å². The van der Waals surface area contributed by atoms with Gasteiger partial charge in [-0.3, -0.25) is 4.98 Å². The van der Waals surface area contributed by atoms with E-state index < -0.39 is 0 Å². The average Bonchev–Trinajstić information content (AvgIpc) is 2.26. The van der Waals surface area contributed by atoms with E-state index in [1.54, 1.807) is 0 Å². The number of nitrogen functional groups attached to an aromatic ring is 2. The molecule has 0 aliphatic rings. The second kappa shape index (κ2) is 3.85. The van der Waals surface area contributed by atoms with E-state index in [4.69, 9.17) is 11.5 Å². The largest absolute Gasteiger partial charge is 0.397 e. The number of hydrogen-bond donors (Lipinski definition) is 2. The van der Waals surface area contributed by atoms with Crippen molar-refractivity contribution < 1.29 is 0 Å². The molecule has 0 aliphatic heterocycles. The minimum Gasteiger partial charge on any atom is -0.397 e. The van der Waals surface area contributed by atoms with Gasteiger partial charge in [0.2, 0.25) is 0 Å². The van der Waals surface area contributed by atoms with Gasteiger partial charge in [-0.1, -0.05) is 6.07 Å². The van der Waals surface area contributed by atoms with Gasteiger partial charge < -0.3 is 11.5 Å². The van der Waals surface area contributed by atoms with Crippen LogP contribution < -0.4 is 11.5 Å². The van der Waals surface area contributed by atoms with Crippen molar-refractivity contribution in [1.82, 2.24) is 4.98 Å². The number of aromatic nitrogens is 1. The molecule has 0 saturated carbocycles. The molecule has 1 heterocycles. The second-order valence-electron chi connectivity index (χ2n) is 3.91. The maximum Gasteiger partial charge on any atom is 0.0554 e. The number of benzene rings is 1. The van der Waals surface area contributed by atoms with E-state index >= 15 is 0 Å². The average molecular weight is 213 g/mol. The molecule has 1 aromatic heterocycles. The topological polar surface area (TPSA) is 64.9 Å². The molecule has 0 atom stereocenters. The van der Waals surface area contributed by atoms with Crippen LogP contribution in [0.3, 0.4) is 0 Å². The number of nitrogens with zero attached hydrogens (tertiary/aromatic N) is 1. The fourth-order valence-electron chi connectivity index (χ4n) is 1.70. The molecule has 0 amide bonds. The Morgan fingerprint density at radius 3 is 2.44 bits per heavy atom. The molecule has 0 radical (unpaired) electrons. The molecule has 2 rings (SSSR count). The Kier molecular flexibility index (Phi) is 2.52. The quantitative estimate of drug-likeness (QED) is 0.715. The predicted octanol–water partition coefficient (Wildman–Crippen LogP) is 2.53. The molecule has 0 unspecified atom stereocenters. The van der Waals surface area contributed by atoms with Crippen molar-refractivity contribution in [2.24, 2.45) is 0 Å². The molecule has 3 heteroatoms. The highest BCUT2D eigenvalue weighted by atomic mass is 14.7. The minimum atomic E-state index is 0.617. The van der Waals surface area contributed by atoms with Crippen molar-refractivity contribution in [2.75, 3.05) is 11.5 Å². The molecule has 4 N–H and O–H groups in total. The molecular formula is C13H15N3. The molecule has 1 aromatic carbocycles. The summed E-state index contributed by atoms with van der Waals surface area (Å²) in [5.74, 6) is 0. The molecular weight excluding hydrogens is 198 g/mol. The van der Waals surface area contributed by atoms with Gasteiger partial charge >= 0.3 is 0 Å². The zero-order valence-corrected chi connectivity index (χ0v) is 9.49. The first-order valence-electron chi connectivity index (χ1n) is 5.17. The Bertz CT molecular complexity index is 533. The first kappa shape index (κ1) is 10.5. The summed E-state index contributed by atoms with van der Waals surface area (Å²) in [6.45, 7) is 4.06. The third-order valence-electron chi connectivity index (χ3n) is 2.85.